The van der Waals surface area contributed by atoms with Gasteiger partial charge in [0.05, 0.1) is 37.2 Å². The summed E-state index contributed by atoms with van der Waals surface area (Å²) in [5.74, 6) is -2.05. The van der Waals surface area contributed by atoms with Crippen molar-refractivity contribution in [1.82, 2.24) is 9.80 Å². The molecule has 1 aromatic carbocycles. The van der Waals surface area contributed by atoms with Crippen molar-refractivity contribution in [2.45, 2.75) is 82.1 Å². The van der Waals surface area contributed by atoms with E-state index in [0.29, 0.717) is 24.5 Å². The van der Waals surface area contributed by atoms with Gasteiger partial charge in [0.25, 0.3) is 0 Å². The number of aliphatic hydroxyl groups excluding tert-OH is 1. The van der Waals surface area contributed by atoms with Gasteiger partial charge < -0.3 is 29.3 Å². The topological polar surface area (TPSA) is 99.6 Å². The van der Waals surface area contributed by atoms with E-state index in [-0.39, 0.29) is 48.2 Å². The van der Waals surface area contributed by atoms with E-state index in [1.807, 2.05) is 53.7 Å². The summed E-state index contributed by atoms with van der Waals surface area (Å²) in [7, 11) is 0. The van der Waals surface area contributed by atoms with Gasteiger partial charge in [0.15, 0.2) is 0 Å². The molecule has 4 rings (SSSR count). The summed E-state index contributed by atoms with van der Waals surface area (Å²) >= 11 is 3.76. The van der Waals surface area contributed by atoms with Crippen molar-refractivity contribution < 1.29 is 29.0 Å². The molecule has 43 heavy (non-hydrogen) atoms. The molecule has 0 radical (unpaired) electrons. The third kappa shape index (κ3) is 5.66. The van der Waals surface area contributed by atoms with Crippen LogP contribution >= 0.6 is 15.9 Å². The van der Waals surface area contributed by atoms with Crippen LogP contribution in [-0.2, 0) is 19.1 Å². The highest BCUT2D eigenvalue weighted by Gasteiger charge is 2.77. The van der Waals surface area contributed by atoms with Gasteiger partial charge in [0, 0.05) is 29.1 Å². The van der Waals surface area contributed by atoms with Gasteiger partial charge >= 0.3 is 0 Å². The second-order valence-corrected chi connectivity index (χ2v) is 14.2. The van der Waals surface area contributed by atoms with Crippen LogP contribution in [0.4, 0.5) is 5.69 Å². The highest BCUT2D eigenvalue weighted by molar-refractivity contribution is 9.09. The number of carbonyl (C=O) groups excluding carboxylic acids is 3. The zero-order chi connectivity index (χ0) is 31.9. The van der Waals surface area contributed by atoms with Crippen molar-refractivity contribution in [2.24, 2.45) is 17.8 Å². The van der Waals surface area contributed by atoms with E-state index < -0.39 is 41.2 Å². The number of benzene rings is 1. The summed E-state index contributed by atoms with van der Waals surface area (Å²) in [5, 5.41) is 10.5. The maximum Gasteiger partial charge on any atom is 0.249 e. The molecule has 3 heterocycles. The number of carbonyl (C=O) groups is 3. The van der Waals surface area contributed by atoms with Crippen LogP contribution < -0.4 is 9.64 Å². The zero-order valence-corrected chi connectivity index (χ0v) is 27.7. The maximum absolute atomic E-state index is 14.6. The van der Waals surface area contributed by atoms with E-state index in [2.05, 4.69) is 29.1 Å². The Labute approximate surface area is 264 Å². The molecule has 0 aromatic heterocycles. The lowest BCUT2D eigenvalue weighted by atomic mass is 9.70. The minimum atomic E-state index is -1.24. The van der Waals surface area contributed by atoms with E-state index >= 15 is 0 Å². The fourth-order valence-corrected chi connectivity index (χ4v) is 8.04. The Balaban J connectivity index is 1.83. The Morgan fingerprint density at radius 2 is 1.81 bits per heavy atom. The number of ether oxygens (including phenoxy) is 2. The molecule has 3 unspecified atom stereocenters. The monoisotopic (exact) mass is 659 g/mol. The molecule has 236 valence electrons. The van der Waals surface area contributed by atoms with Crippen LogP contribution in [0.3, 0.4) is 0 Å². The summed E-state index contributed by atoms with van der Waals surface area (Å²) in [6, 6.07) is 5.60. The molecule has 7 atom stereocenters. The lowest BCUT2D eigenvalue weighted by molar-refractivity contribution is -0.155. The number of nitrogens with zero attached hydrogens (tertiary/aromatic N) is 3. The number of anilines is 1. The first kappa shape index (κ1) is 33.2. The Hall–Kier alpha value is -2.69. The highest BCUT2D eigenvalue weighted by atomic mass is 79.9. The highest BCUT2D eigenvalue weighted by Crippen LogP contribution is 2.61. The number of likely N-dealkylation sites (tertiary alicyclic amines) is 1. The first-order chi connectivity index (χ1) is 20.3. The number of rotatable bonds is 12. The predicted octanol–water partition coefficient (Wildman–Crippen LogP) is 4.18. The number of fused-ring (bicyclic) bond motifs is 1. The molecular weight excluding hydrogens is 614 g/mol. The molecular formula is C33H46BrN3O6. The first-order valence-corrected chi connectivity index (χ1v) is 16.0. The number of alkyl halides is 1. The quantitative estimate of drug-likeness (QED) is 0.267. The molecule has 1 aromatic rings. The molecule has 3 saturated heterocycles. The minimum Gasteiger partial charge on any atom is -0.494 e. The summed E-state index contributed by atoms with van der Waals surface area (Å²) in [4.78, 5) is 48.4. The van der Waals surface area contributed by atoms with Gasteiger partial charge in [0.2, 0.25) is 17.7 Å². The van der Waals surface area contributed by atoms with E-state index in [1.165, 1.54) is 4.90 Å². The standard InChI is InChI=1S/C33H46BrN3O6/c1-9-16-35(21-12-14-22(15-13-21)42-11-3)29(39)25-26-30(40)37(24(19-38)20(4)5)28(33(26)18-23(34)27(25)43-33)31(41)36(17-10-2)32(6,7)8/h9-10,12-15,20,23-28,38H,1-2,11,16-19H2,3-8H3/t23?,24-,25+,26-,27+,28?,33?/m0/s1. The number of halogens is 1. The smallest absolute Gasteiger partial charge is 0.249 e. The zero-order valence-electron chi connectivity index (χ0n) is 26.2. The Kier molecular flexibility index (Phi) is 9.83. The SMILES string of the molecule is C=CCN(C(=O)[C@H]1[C@@H]2OC3(CC2Br)C(C(=O)N(CC=C)C(C)(C)C)N([C@@H](CO)C(C)C)C(=O)[C@H]13)c1ccc(OCC)cc1. The number of hydrogen-bond donors (Lipinski definition) is 1. The van der Waals surface area contributed by atoms with Crippen LogP contribution in [0, 0.1) is 17.8 Å². The average molecular weight is 661 g/mol. The number of hydrogen-bond acceptors (Lipinski definition) is 6. The summed E-state index contributed by atoms with van der Waals surface area (Å²) in [6.45, 7) is 20.0. The second-order valence-electron chi connectivity index (χ2n) is 13.0. The van der Waals surface area contributed by atoms with Crippen LogP contribution in [0.5, 0.6) is 5.75 Å². The maximum atomic E-state index is 14.6. The van der Waals surface area contributed by atoms with Gasteiger partial charge in [-0.2, -0.15) is 0 Å². The molecule has 10 heteroatoms. The van der Waals surface area contributed by atoms with Crippen LogP contribution in [0.1, 0.15) is 48.0 Å². The lowest BCUT2D eigenvalue weighted by Crippen LogP contribution is -2.62. The third-order valence-electron chi connectivity index (χ3n) is 8.98. The molecule has 9 nitrogen and oxygen atoms in total. The first-order valence-electron chi connectivity index (χ1n) is 15.1. The van der Waals surface area contributed by atoms with Gasteiger partial charge in [-0.05, 0) is 64.3 Å². The van der Waals surface area contributed by atoms with E-state index in [0.717, 1.165) is 0 Å². The van der Waals surface area contributed by atoms with Crippen molar-refractivity contribution in [1.29, 1.82) is 0 Å². The second kappa shape index (κ2) is 12.7. The number of amides is 3. The fraction of sp³-hybridized carbons (Fsp3) is 0.606. The molecule has 1 spiro atoms. The van der Waals surface area contributed by atoms with Gasteiger partial charge in [-0.25, -0.2) is 0 Å². The summed E-state index contributed by atoms with van der Waals surface area (Å²) < 4.78 is 12.3. The molecule has 3 aliphatic heterocycles. The van der Waals surface area contributed by atoms with Crippen molar-refractivity contribution in [3.05, 3.63) is 49.6 Å². The Morgan fingerprint density at radius 1 is 1.19 bits per heavy atom. The van der Waals surface area contributed by atoms with Crippen molar-refractivity contribution in [3.63, 3.8) is 0 Å². The Bertz CT molecular complexity index is 1230. The molecule has 3 amide bonds. The Morgan fingerprint density at radius 3 is 2.33 bits per heavy atom. The lowest BCUT2D eigenvalue weighted by Gasteiger charge is -2.44. The van der Waals surface area contributed by atoms with Gasteiger partial charge in [-0.15, -0.1) is 13.2 Å². The molecule has 3 aliphatic rings. The van der Waals surface area contributed by atoms with Gasteiger partial charge in [0.1, 0.15) is 17.4 Å². The van der Waals surface area contributed by atoms with E-state index in [9.17, 15) is 19.5 Å². The fourth-order valence-electron chi connectivity index (χ4n) is 7.10. The minimum absolute atomic E-state index is 0.144. The third-order valence-corrected chi connectivity index (χ3v) is 9.83. The van der Waals surface area contributed by atoms with Crippen LogP contribution in [0.15, 0.2) is 49.6 Å². The van der Waals surface area contributed by atoms with Gasteiger partial charge in [-0.3, -0.25) is 14.4 Å². The number of aliphatic hydroxyl groups is 1. The molecule has 0 aliphatic carbocycles. The van der Waals surface area contributed by atoms with Crippen LogP contribution in [0.2, 0.25) is 0 Å². The molecule has 2 bridgehead atoms. The van der Waals surface area contributed by atoms with Crippen molar-refractivity contribution >= 4 is 39.3 Å². The van der Waals surface area contributed by atoms with E-state index in [4.69, 9.17) is 9.47 Å². The predicted molar refractivity (Wildman–Crippen MR) is 170 cm³/mol. The van der Waals surface area contributed by atoms with Crippen molar-refractivity contribution in [3.8, 4) is 5.75 Å². The largest absolute Gasteiger partial charge is 0.494 e. The van der Waals surface area contributed by atoms with E-state index in [1.54, 1.807) is 34.1 Å². The molecule has 3 fully saturated rings. The van der Waals surface area contributed by atoms with Crippen molar-refractivity contribution in [2.75, 3.05) is 31.2 Å². The average Bonchev–Trinajstić information content (AvgIpc) is 3.53. The normalized spacial score (nSPS) is 28.5. The summed E-state index contributed by atoms with van der Waals surface area (Å²) in [5.41, 5.74) is -1.17. The molecule has 0 saturated carbocycles. The van der Waals surface area contributed by atoms with Crippen LogP contribution in [-0.4, -0.2) is 93.1 Å². The van der Waals surface area contributed by atoms with Gasteiger partial charge in [-0.1, -0.05) is 41.9 Å². The van der Waals surface area contributed by atoms with Crippen LogP contribution in [0.25, 0.3) is 0 Å². The molecule has 1 N–H and O–H groups in total. The summed E-state index contributed by atoms with van der Waals surface area (Å²) in [6.07, 6.45) is 3.10.